The predicted molar refractivity (Wildman–Crippen MR) is 105 cm³/mol. The van der Waals surface area contributed by atoms with E-state index in [1.54, 1.807) is 13.2 Å². The number of aromatic hydroxyl groups is 1. The molecule has 0 spiro atoms. The molecule has 27 heavy (non-hydrogen) atoms. The molecule has 0 unspecified atom stereocenters. The molecule has 0 radical (unpaired) electrons. The monoisotopic (exact) mass is 441 g/mol. The molecule has 2 aromatic rings. The second-order valence-corrected chi connectivity index (χ2v) is 7.25. The average molecular weight is 442 g/mol. The third-order valence-electron chi connectivity index (χ3n) is 4.56. The maximum Gasteiger partial charge on any atom is 0.416 e. The summed E-state index contributed by atoms with van der Waals surface area (Å²) in [6, 6.07) is 9.97. The van der Waals surface area contributed by atoms with Gasteiger partial charge >= 0.3 is 6.18 Å². The number of alkyl halides is 3. The summed E-state index contributed by atoms with van der Waals surface area (Å²) < 4.78 is 46.0. The zero-order chi connectivity index (χ0) is 19.4. The first kappa shape index (κ1) is 19.7. The summed E-state index contributed by atoms with van der Waals surface area (Å²) in [5, 5.41) is 3.14. The molecule has 2 N–H and O–H groups in total. The van der Waals surface area contributed by atoms with Crippen molar-refractivity contribution in [1.29, 1.82) is 0 Å². The minimum atomic E-state index is -4.41. The first-order valence-electron chi connectivity index (χ1n) is 8.76. The van der Waals surface area contributed by atoms with Crippen LogP contribution in [0.3, 0.4) is 0 Å². The number of hydrogen-bond acceptors (Lipinski definition) is 2. The lowest BCUT2D eigenvalue weighted by atomic mass is 9.93. The Hall–Kier alpha value is -2.02. The van der Waals surface area contributed by atoms with E-state index in [0.29, 0.717) is 24.4 Å². The van der Waals surface area contributed by atoms with Crippen molar-refractivity contribution in [3.05, 3.63) is 63.1 Å². The second-order valence-electron chi connectivity index (χ2n) is 6.34. The third kappa shape index (κ3) is 4.64. The fourth-order valence-corrected chi connectivity index (χ4v) is 3.70. The molecule has 1 aliphatic rings. The van der Waals surface area contributed by atoms with Crippen LogP contribution in [0.4, 0.5) is 13.2 Å². The van der Waals surface area contributed by atoms with Gasteiger partial charge in [0.25, 0.3) is 5.75 Å². The highest BCUT2D eigenvalue weighted by molar-refractivity contribution is 9.10. The molecule has 0 saturated heterocycles. The first-order chi connectivity index (χ1) is 12.9. The fourth-order valence-electron chi connectivity index (χ4n) is 3.29. The standard InChI is InChI=1S/C20H20BrF3N2O/c1-27-18-9-7-14(21)12-13(18)6-8-15-16(19-25-10-3-11-26-19)4-2-5-17(15)20(22,23)24/h2,4-5,7,9,12H,3,6,8,10-11H2,1H3,(H,25,26)/p+1. The lowest BCUT2D eigenvalue weighted by Gasteiger charge is -2.21. The Labute approximate surface area is 164 Å². The van der Waals surface area contributed by atoms with Gasteiger partial charge in [0.1, 0.15) is 5.84 Å². The number of hydrogen-bond donors (Lipinski definition) is 1. The molecule has 7 heteroatoms. The molecule has 3 rings (SSSR count). The molecular formula is C20H21BrF3N2O+. The van der Waals surface area contributed by atoms with Gasteiger partial charge in [-0.3, -0.25) is 4.99 Å². The number of rotatable bonds is 5. The van der Waals surface area contributed by atoms with Crippen molar-refractivity contribution in [3.63, 3.8) is 0 Å². The number of aryl methyl sites for hydroxylation is 1. The van der Waals surface area contributed by atoms with Gasteiger partial charge in [-0.2, -0.15) is 13.2 Å². The van der Waals surface area contributed by atoms with E-state index in [9.17, 15) is 13.2 Å². The van der Waals surface area contributed by atoms with E-state index >= 15 is 0 Å². The minimum absolute atomic E-state index is 0.255. The van der Waals surface area contributed by atoms with Crippen LogP contribution in [0, 0.1) is 0 Å². The molecule has 0 atom stereocenters. The van der Waals surface area contributed by atoms with Crippen LogP contribution < -0.4 is 5.32 Å². The van der Waals surface area contributed by atoms with Gasteiger partial charge in [-0.1, -0.05) is 28.1 Å². The molecule has 0 bridgehead atoms. The SMILES string of the molecule is C[OH+]c1ccc(Br)cc1CCc1c(C2=NCCCN2)cccc1C(F)(F)F. The summed E-state index contributed by atoms with van der Waals surface area (Å²) in [5.41, 5.74) is 1.13. The topological polar surface area (TPSA) is 37.2 Å². The summed E-state index contributed by atoms with van der Waals surface area (Å²) in [6.45, 7) is 1.35. The van der Waals surface area contributed by atoms with Crippen molar-refractivity contribution in [2.45, 2.75) is 25.4 Å². The fraction of sp³-hybridized carbons (Fsp3) is 0.350. The predicted octanol–water partition coefficient (Wildman–Crippen LogP) is 4.86. The summed E-state index contributed by atoms with van der Waals surface area (Å²) in [5.74, 6) is 1.34. The zero-order valence-corrected chi connectivity index (χ0v) is 16.5. The molecule has 1 aliphatic heterocycles. The zero-order valence-electron chi connectivity index (χ0n) is 14.9. The van der Waals surface area contributed by atoms with Gasteiger partial charge in [-0.05, 0) is 43.0 Å². The summed E-state index contributed by atoms with van der Waals surface area (Å²) in [7, 11) is 1.68. The molecule has 0 aliphatic carbocycles. The van der Waals surface area contributed by atoms with Crippen molar-refractivity contribution >= 4 is 21.8 Å². The largest absolute Gasteiger partial charge is 0.584 e. The van der Waals surface area contributed by atoms with Crippen LogP contribution in [0.5, 0.6) is 5.75 Å². The van der Waals surface area contributed by atoms with Crippen molar-refractivity contribution in [1.82, 2.24) is 5.32 Å². The van der Waals surface area contributed by atoms with E-state index in [4.69, 9.17) is 0 Å². The Bertz CT molecular complexity index is 850. The molecule has 0 fully saturated rings. The molecule has 0 aromatic heterocycles. The van der Waals surface area contributed by atoms with Crippen LogP contribution in [0.15, 0.2) is 45.9 Å². The lowest BCUT2D eigenvalue weighted by Crippen LogP contribution is -2.31. The average Bonchev–Trinajstić information content (AvgIpc) is 2.66. The van der Waals surface area contributed by atoms with Crippen molar-refractivity contribution in [2.24, 2.45) is 4.99 Å². The highest BCUT2D eigenvalue weighted by Gasteiger charge is 2.34. The lowest BCUT2D eigenvalue weighted by molar-refractivity contribution is -0.138. The maximum atomic E-state index is 13.6. The molecular weight excluding hydrogens is 421 g/mol. The number of ether oxygens (including phenoxy) is 1. The van der Waals surface area contributed by atoms with Crippen molar-refractivity contribution in [2.75, 3.05) is 20.2 Å². The number of nitrogens with one attached hydrogen (secondary N) is 1. The molecule has 0 amide bonds. The highest BCUT2D eigenvalue weighted by atomic mass is 79.9. The number of halogens is 4. The number of aliphatic hydroxyl groups is 1. The van der Waals surface area contributed by atoms with Gasteiger partial charge in [-0.15, -0.1) is 0 Å². The Balaban J connectivity index is 2.00. The number of amidine groups is 1. The molecule has 2 aromatic carbocycles. The summed E-state index contributed by atoms with van der Waals surface area (Å²) in [4.78, 5) is 4.40. The van der Waals surface area contributed by atoms with E-state index < -0.39 is 11.7 Å². The maximum absolute atomic E-state index is 13.6. The van der Waals surface area contributed by atoms with Gasteiger partial charge in [0.15, 0.2) is 7.11 Å². The summed E-state index contributed by atoms with van der Waals surface area (Å²) >= 11 is 3.42. The van der Waals surface area contributed by atoms with Crippen molar-refractivity contribution in [3.8, 4) is 5.75 Å². The second kappa shape index (κ2) is 8.33. The van der Waals surface area contributed by atoms with Gasteiger partial charge in [-0.25, -0.2) is 0 Å². The number of benzene rings is 2. The van der Waals surface area contributed by atoms with Crippen LogP contribution in [0.1, 0.15) is 28.7 Å². The quantitative estimate of drug-likeness (QED) is 0.660. The van der Waals surface area contributed by atoms with E-state index in [0.717, 1.165) is 34.8 Å². The van der Waals surface area contributed by atoms with Crippen LogP contribution >= 0.6 is 15.9 Å². The normalized spacial score (nSPS) is 14.5. The molecule has 3 nitrogen and oxygen atoms in total. The number of nitrogens with zero attached hydrogens (tertiary/aromatic N) is 1. The van der Waals surface area contributed by atoms with E-state index in [-0.39, 0.29) is 12.0 Å². The molecule has 1 heterocycles. The van der Waals surface area contributed by atoms with Gasteiger partial charge in [0, 0.05) is 34.8 Å². The molecule has 144 valence electrons. The first-order valence-corrected chi connectivity index (χ1v) is 9.55. The highest BCUT2D eigenvalue weighted by Crippen LogP contribution is 2.35. The Morgan fingerprint density at radius 2 is 2.00 bits per heavy atom. The van der Waals surface area contributed by atoms with Crippen molar-refractivity contribution < 1.29 is 17.9 Å². The Morgan fingerprint density at radius 1 is 1.19 bits per heavy atom. The van der Waals surface area contributed by atoms with Crippen LogP contribution in [0.2, 0.25) is 0 Å². The summed E-state index contributed by atoms with van der Waals surface area (Å²) in [6.07, 6.45) is -2.81. The van der Waals surface area contributed by atoms with E-state index in [1.807, 2.05) is 18.2 Å². The van der Waals surface area contributed by atoms with E-state index in [2.05, 4.69) is 31.0 Å². The third-order valence-corrected chi connectivity index (χ3v) is 5.05. The minimum Gasteiger partial charge on any atom is -0.584 e. The van der Waals surface area contributed by atoms with Gasteiger partial charge < -0.3 is 10.1 Å². The number of aliphatic imine (C=N–C) groups is 1. The Kier molecular flexibility index (Phi) is 6.09. The van der Waals surface area contributed by atoms with Crippen LogP contribution in [-0.4, -0.2) is 30.8 Å². The van der Waals surface area contributed by atoms with Gasteiger partial charge in [0.05, 0.1) is 5.56 Å². The van der Waals surface area contributed by atoms with Crippen LogP contribution in [0.25, 0.3) is 0 Å². The molecule has 0 saturated carbocycles. The van der Waals surface area contributed by atoms with Crippen LogP contribution in [-0.2, 0) is 19.0 Å². The van der Waals surface area contributed by atoms with E-state index in [1.165, 1.54) is 6.07 Å². The Morgan fingerprint density at radius 3 is 2.67 bits per heavy atom. The smallest absolute Gasteiger partial charge is 0.416 e. The van der Waals surface area contributed by atoms with Gasteiger partial charge in [0.2, 0.25) is 0 Å².